The SMILES string of the molecule is CC(=O)O[C@@H]1[C@@H](OC(C)=O)[C@H](OC(C)=O)C=C(C)[C@H]1OC(C)=O. The van der Waals surface area contributed by atoms with Crippen LogP contribution < -0.4 is 0 Å². The second-order valence-corrected chi connectivity index (χ2v) is 5.16. The van der Waals surface area contributed by atoms with Crippen molar-refractivity contribution < 1.29 is 38.1 Å². The Kier molecular flexibility index (Phi) is 6.29. The largest absolute Gasteiger partial charge is 0.454 e. The summed E-state index contributed by atoms with van der Waals surface area (Å²) in [6, 6.07) is 0. The zero-order chi connectivity index (χ0) is 17.7. The number of carbonyl (C=O) groups excluding carboxylic acids is 4. The number of rotatable bonds is 4. The number of carbonyl (C=O) groups is 4. The van der Waals surface area contributed by atoms with Crippen LogP contribution in [0.3, 0.4) is 0 Å². The number of esters is 4. The van der Waals surface area contributed by atoms with Crippen molar-refractivity contribution in [3.05, 3.63) is 11.6 Å². The Bertz CT molecular complexity index is 536. The quantitative estimate of drug-likeness (QED) is 0.421. The molecule has 0 bridgehead atoms. The monoisotopic (exact) mass is 328 g/mol. The molecule has 0 saturated heterocycles. The predicted octanol–water partition coefficient (Wildman–Crippen LogP) is 0.673. The molecule has 128 valence electrons. The van der Waals surface area contributed by atoms with Crippen molar-refractivity contribution in [2.75, 3.05) is 0 Å². The molecule has 0 saturated carbocycles. The van der Waals surface area contributed by atoms with Gasteiger partial charge in [-0.3, -0.25) is 19.2 Å². The zero-order valence-electron chi connectivity index (χ0n) is 13.7. The lowest BCUT2D eigenvalue weighted by Gasteiger charge is -2.38. The Labute approximate surface area is 133 Å². The van der Waals surface area contributed by atoms with Crippen LogP contribution in [0.4, 0.5) is 0 Å². The van der Waals surface area contributed by atoms with Crippen LogP contribution >= 0.6 is 0 Å². The molecular weight excluding hydrogens is 308 g/mol. The van der Waals surface area contributed by atoms with Gasteiger partial charge in [0.25, 0.3) is 0 Å². The van der Waals surface area contributed by atoms with E-state index < -0.39 is 48.3 Å². The molecule has 0 heterocycles. The molecule has 0 radical (unpaired) electrons. The van der Waals surface area contributed by atoms with Crippen molar-refractivity contribution in [1.29, 1.82) is 0 Å². The molecule has 0 unspecified atom stereocenters. The molecule has 0 N–H and O–H groups in total. The smallest absolute Gasteiger partial charge is 0.303 e. The molecule has 4 atom stereocenters. The van der Waals surface area contributed by atoms with Crippen LogP contribution in [0.15, 0.2) is 11.6 Å². The second kappa shape index (κ2) is 7.75. The van der Waals surface area contributed by atoms with Crippen molar-refractivity contribution in [3.63, 3.8) is 0 Å². The van der Waals surface area contributed by atoms with E-state index in [1.165, 1.54) is 33.8 Å². The average molecular weight is 328 g/mol. The molecular formula is C15H20O8. The lowest BCUT2D eigenvalue weighted by molar-refractivity contribution is -0.194. The Morgan fingerprint density at radius 3 is 1.61 bits per heavy atom. The first-order valence-corrected chi connectivity index (χ1v) is 6.99. The molecule has 23 heavy (non-hydrogen) atoms. The summed E-state index contributed by atoms with van der Waals surface area (Å²) >= 11 is 0. The highest BCUT2D eigenvalue weighted by Crippen LogP contribution is 2.29. The Morgan fingerprint density at radius 1 is 0.739 bits per heavy atom. The standard InChI is InChI=1S/C15H20O8/c1-7-6-12(20-8(2)16)14(22-10(4)18)15(23-11(5)19)13(7)21-9(3)17/h6,12-15H,1-5H3/t12-,13-,14+,15+/m1/s1. The van der Waals surface area contributed by atoms with E-state index in [9.17, 15) is 19.2 Å². The number of hydrogen-bond acceptors (Lipinski definition) is 8. The normalized spacial score (nSPS) is 26.6. The van der Waals surface area contributed by atoms with Crippen molar-refractivity contribution in [2.24, 2.45) is 0 Å². The van der Waals surface area contributed by atoms with Gasteiger partial charge in [-0.25, -0.2) is 0 Å². The van der Waals surface area contributed by atoms with Gasteiger partial charge in [-0.15, -0.1) is 0 Å². The van der Waals surface area contributed by atoms with Crippen molar-refractivity contribution in [2.45, 2.75) is 59.0 Å². The lowest BCUT2D eigenvalue weighted by Crippen LogP contribution is -2.54. The highest BCUT2D eigenvalue weighted by molar-refractivity contribution is 5.69. The van der Waals surface area contributed by atoms with Crippen LogP contribution in [0.25, 0.3) is 0 Å². The zero-order valence-corrected chi connectivity index (χ0v) is 13.7. The first-order valence-electron chi connectivity index (χ1n) is 6.99. The molecule has 8 heteroatoms. The van der Waals surface area contributed by atoms with Crippen molar-refractivity contribution >= 4 is 23.9 Å². The van der Waals surface area contributed by atoms with E-state index in [1.54, 1.807) is 6.92 Å². The molecule has 1 aliphatic rings. The topological polar surface area (TPSA) is 105 Å². The lowest BCUT2D eigenvalue weighted by atomic mass is 9.89. The summed E-state index contributed by atoms with van der Waals surface area (Å²) in [4.78, 5) is 45.3. The summed E-state index contributed by atoms with van der Waals surface area (Å²) in [6.07, 6.45) is -2.62. The van der Waals surface area contributed by atoms with E-state index in [-0.39, 0.29) is 0 Å². The summed E-state index contributed by atoms with van der Waals surface area (Å²) < 4.78 is 20.6. The maximum Gasteiger partial charge on any atom is 0.303 e. The van der Waals surface area contributed by atoms with Gasteiger partial charge in [0.1, 0.15) is 0 Å². The third-order valence-corrected chi connectivity index (χ3v) is 3.02. The first-order chi connectivity index (χ1) is 10.6. The van der Waals surface area contributed by atoms with E-state index in [0.29, 0.717) is 5.57 Å². The molecule has 0 aromatic carbocycles. The molecule has 0 aromatic rings. The van der Waals surface area contributed by atoms with Crippen LogP contribution in [0.1, 0.15) is 34.6 Å². The molecule has 0 aliphatic heterocycles. The molecule has 1 aliphatic carbocycles. The summed E-state index contributed by atoms with van der Waals surface area (Å²) in [5.41, 5.74) is 0.515. The third-order valence-electron chi connectivity index (χ3n) is 3.02. The minimum Gasteiger partial charge on any atom is -0.454 e. The fourth-order valence-corrected chi connectivity index (χ4v) is 2.34. The van der Waals surface area contributed by atoms with Crippen LogP contribution in [0.2, 0.25) is 0 Å². The minimum atomic E-state index is -1.12. The van der Waals surface area contributed by atoms with E-state index >= 15 is 0 Å². The highest BCUT2D eigenvalue weighted by Gasteiger charge is 2.46. The van der Waals surface area contributed by atoms with Gasteiger partial charge in [0.15, 0.2) is 24.4 Å². The van der Waals surface area contributed by atoms with Gasteiger partial charge in [0.2, 0.25) is 0 Å². The number of ether oxygens (including phenoxy) is 4. The fourth-order valence-electron chi connectivity index (χ4n) is 2.34. The van der Waals surface area contributed by atoms with Gasteiger partial charge < -0.3 is 18.9 Å². The van der Waals surface area contributed by atoms with E-state index in [1.807, 2.05) is 0 Å². The van der Waals surface area contributed by atoms with Crippen molar-refractivity contribution in [1.82, 2.24) is 0 Å². The van der Waals surface area contributed by atoms with Gasteiger partial charge in [-0.05, 0) is 18.6 Å². The van der Waals surface area contributed by atoms with Gasteiger partial charge in [0, 0.05) is 27.7 Å². The van der Waals surface area contributed by atoms with Crippen molar-refractivity contribution in [3.8, 4) is 0 Å². The minimum absolute atomic E-state index is 0.515. The number of hydrogen-bond donors (Lipinski definition) is 0. The maximum atomic E-state index is 11.4. The van der Waals surface area contributed by atoms with Crippen LogP contribution in [-0.2, 0) is 38.1 Å². The van der Waals surface area contributed by atoms with Gasteiger partial charge >= 0.3 is 23.9 Å². The second-order valence-electron chi connectivity index (χ2n) is 5.16. The third kappa shape index (κ3) is 5.39. The van der Waals surface area contributed by atoms with E-state index in [2.05, 4.69) is 0 Å². The van der Waals surface area contributed by atoms with Gasteiger partial charge in [-0.2, -0.15) is 0 Å². The Morgan fingerprint density at radius 2 is 1.17 bits per heavy atom. The molecule has 1 rings (SSSR count). The summed E-state index contributed by atoms with van der Waals surface area (Å²) in [5.74, 6) is -2.49. The average Bonchev–Trinajstić information content (AvgIpc) is 2.36. The highest BCUT2D eigenvalue weighted by atomic mass is 16.6. The van der Waals surface area contributed by atoms with E-state index in [4.69, 9.17) is 18.9 Å². The summed E-state index contributed by atoms with van der Waals surface area (Å²) in [7, 11) is 0. The first kappa shape index (κ1) is 18.7. The molecule has 0 fully saturated rings. The van der Waals surface area contributed by atoms with Crippen LogP contribution in [0.5, 0.6) is 0 Å². The Balaban J connectivity index is 3.25. The summed E-state index contributed by atoms with van der Waals surface area (Å²) in [5, 5.41) is 0. The molecule has 0 spiro atoms. The maximum absolute atomic E-state index is 11.4. The van der Waals surface area contributed by atoms with E-state index in [0.717, 1.165) is 0 Å². The van der Waals surface area contributed by atoms with Gasteiger partial charge in [-0.1, -0.05) is 0 Å². The predicted molar refractivity (Wildman–Crippen MR) is 76.0 cm³/mol. The molecule has 0 aromatic heterocycles. The summed E-state index contributed by atoms with van der Waals surface area (Å²) in [6.45, 7) is 6.38. The van der Waals surface area contributed by atoms with Gasteiger partial charge in [0.05, 0.1) is 0 Å². The fraction of sp³-hybridized carbons (Fsp3) is 0.600. The molecule has 0 amide bonds. The molecule has 8 nitrogen and oxygen atoms in total. The Hall–Kier alpha value is -2.38. The van der Waals surface area contributed by atoms with Crippen LogP contribution in [-0.4, -0.2) is 48.3 Å². The van der Waals surface area contributed by atoms with Crippen LogP contribution in [0, 0.1) is 0 Å².